The van der Waals surface area contributed by atoms with Crippen molar-refractivity contribution in [2.45, 2.75) is 13.0 Å². The Bertz CT molecular complexity index is 845. The first-order valence-corrected chi connectivity index (χ1v) is 7.80. The number of hydrogen-bond acceptors (Lipinski definition) is 4. The van der Waals surface area contributed by atoms with E-state index in [4.69, 9.17) is 9.47 Å². The van der Waals surface area contributed by atoms with Crippen LogP contribution in [0.25, 0.3) is 6.08 Å². The fourth-order valence-corrected chi connectivity index (χ4v) is 2.39. The molecule has 6 nitrogen and oxygen atoms in total. The minimum Gasteiger partial charge on any atom is -0.497 e. The fourth-order valence-electron chi connectivity index (χ4n) is 2.39. The maximum atomic E-state index is 12.1. The number of fused-ring (bicyclic) bond motifs is 1. The van der Waals surface area contributed by atoms with Crippen LogP contribution in [-0.4, -0.2) is 25.0 Å². The van der Waals surface area contributed by atoms with Gasteiger partial charge in [0.15, 0.2) is 6.10 Å². The Labute approximate surface area is 145 Å². The Balaban J connectivity index is 1.68. The van der Waals surface area contributed by atoms with Gasteiger partial charge >= 0.3 is 0 Å². The average Bonchev–Trinajstić information content (AvgIpc) is 2.61. The van der Waals surface area contributed by atoms with E-state index in [2.05, 4.69) is 10.6 Å². The molecule has 2 aromatic carbocycles. The van der Waals surface area contributed by atoms with Crippen molar-refractivity contribution in [1.82, 2.24) is 0 Å². The third-order valence-electron chi connectivity index (χ3n) is 3.70. The highest BCUT2D eigenvalue weighted by molar-refractivity contribution is 6.03. The third kappa shape index (κ3) is 3.98. The topological polar surface area (TPSA) is 76.7 Å². The van der Waals surface area contributed by atoms with E-state index in [1.807, 2.05) is 24.3 Å². The zero-order valence-corrected chi connectivity index (χ0v) is 13.9. The molecule has 2 aromatic rings. The van der Waals surface area contributed by atoms with Crippen LogP contribution < -0.4 is 20.1 Å². The summed E-state index contributed by atoms with van der Waals surface area (Å²) < 4.78 is 10.6. The van der Waals surface area contributed by atoms with Gasteiger partial charge in [-0.3, -0.25) is 9.59 Å². The first-order chi connectivity index (χ1) is 12.0. The monoisotopic (exact) mass is 338 g/mol. The maximum absolute atomic E-state index is 12.1. The summed E-state index contributed by atoms with van der Waals surface area (Å²) in [4.78, 5) is 23.7. The molecule has 128 valence electrons. The number of benzene rings is 2. The van der Waals surface area contributed by atoms with Gasteiger partial charge in [0.05, 0.1) is 12.8 Å². The van der Waals surface area contributed by atoms with Crippen molar-refractivity contribution in [1.29, 1.82) is 0 Å². The van der Waals surface area contributed by atoms with E-state index < -0.39 is 6.10 Å². The highest BCUT2D eigenvalue weighted by Crippen LogP contribution is 2.32. The van der Waals surface area contributed by atoms with Gasteiger partial charge < -0.3 is 20.1 Å². The molecule has 1 aliphatic heterocycles. The molecule has 3 rings (SSSR count). The summed E-state index contributed by atoms with van der Waals surface area (Å²) in [5.41, 5.74) is 1.96. The Kier molecular flexibility index (Phi) is 4.70. The van der Waals surface area contributed by atoms with Gasteiger partial charge in [0, 0.05) is 11.8 Å². The summed E-state index contributed by atoms with van der Waals surface area (Å²) in [6.07, 6.45) is 2.60. The van der Waals surface area contributed by atoms with E-state index in [1.54, 1.807) is 38.3 Å². The maximum Gasteiger partial charge on any atom is 0.265 e. The second-order valence-corrected chi connectivity index (χ2v) is 5.56. The number of hydrogen-bond donors (Lipinski definition) is 2. The predicted octanol–water partition coefficient (Wildman–Crippen LogP) is 3.07. The molecule has 0 radical (unpaired) electrons. The van der Waals surface area contributed by atoms with Crippen molar-refractivity contribution in [2.24, 2.45) is 0 Å². The molecule has 1 heterocycles. The number of ether oxygens (including phenoxy) is 2. The van der Waals surface area contributed by atoms with Crippen molar-refractivity contribution in [3.05, 3.63) is 54.1 Å². The van der Waals surface area contributed by atoms with Crippen molar-refractivity contribution in [3.63, 3.8) is 0 Å². The Morgan fingerprint density at radius 1 is 1.28 bits per heavy atom. The van der Waals surface area contributed by atoms with Crippen LogP contribution in [0.15, 0.2) is 48.5 Å². The van der Waals surface area contributed by atoms with Gasteiger partial charge in [0.1, 0.15) is 11.5 Å². The highest BCUT2D eigenvalue weighted by atomic mass is 16.5. The van der Waals surface area contributed by atoms with Gasteiger partial charge in [-0.25, -0.2) is 0 Å². The largest absolute Gasteiger partial charge is 0.497 e. The van der Waals surface area contributed by atoms with Crippen molar-refractivity contribution >= 4 is 29.3 Å². The van der Waals surface area contributed by atoms with Crippen molar-refractivity contribution in [3.8, 4) is 11.5 Å². The fraction of sp³-hybridized carbons (Fsp3) is 0.158. The van der Waals surface area contributed by atoms with Crippen LogP contribution >= 0.6 is 0 Å². The number of methoxy groups -OCH3 is 1. The van der Waals surface area contributed by atoms with Crippen molar-refractivity contribution in [2.75, 3.05) is 17.7 Å². The van der Waals surface area contributed by atoms with Gasteiger partial charge in [-0.05, 0) is 48.9 Å². The van der Waals surface area contributed by atoms with Gasteiger partial charge in [0.25, 0.3) is 5.91 Å². The van der Waals surface area contributed by atoms with E-state index in [0.29, 0.717) is 17.1 Å². The molecule has 1 aliphatic rings. The zero-order valence-electron chi connectivity index (χ0n) is 13.9. The Hall–Kier alpha value is -3.28. The number of carbonyl (C=O) groups is 2. The minimum absolute atomic E-state index is 0.214. The molecule has 25 heavy (non-hydrogen) atoms. The van der Waals surface area contributed by atoms with Gasteiger partial charge in [0.2, 0.25) is 5.91 Å². The molecule has 2 N–H and O–H groups in total. The SMILES string of the molecule is COc1cccc(C=CC(=O)Nc2ccc3c(c2)NC(=O)C(C)O3)c1. The Morgan fingerprint density at radius 2 is 2.12 bits per heavy atom. The molecule has 0 saturated heterocycles. The summed E-state index contributed by atoms with van der Waals surface area (Å²) in [5, 5.41) is 5.50. The number of carbonyl (C=O) groups excluding carboxylic acids is 2. The quantitative estimate of drug-likeness (QED) is 0.840. The van der Waals surface area contributed by atoms with Crippen LogP contribution in [0.1, 0.15) is 12.5 Å². The normalized spacial score (nSPS) is 15.9. The molecule has 0 aromatic heterocycles. The van der Waals surface area contributed by atoms with Crippen LogP contribution in [-0.2, 0) is 9.59 Å². The standard InChI is InChI=1S/C19H18N2O4/c1-12-19(23)21-16-11-14(7-8-17(16)25-12)20-18(22)9-6-13-4-3-5-15(10-13)24-2/h3-12H,1-2H3,(H,20,22)(H,21,23). The second-order valence-electron chi connectivity index (χ2n) is 5.56. The Morgan fingerprint density at radius 3 is 2.92 bits per heavy atom. The predicted molar refractivity (Wildman–Crippen MR) is 95.8 cm³/mol. The van der Waals surface area contributed by atoms with Gasteiger partial charge in [-0.1, -0.05) is 12.1 Å². The number of anilines is 2. The number of amides is 2. The molecule has 0 fully saturated rings. The van der Waals surface area contributed by atoms with E-state index in [9.17, 15) is 9.59 Å². The van der Waals surface area contributed by atoms with E-state index >= 15 is 0 Å². The molecule has 0 aliphatic carbocycles. The molecule has 1 unspecified atom stereocenters. The summed E-state index contributed by atoms with van der Waals surface area (Å²) in [6, 6.07) is 12.5. The lowest BCUT2D eigenvalue weighted by Gasteiger charge is -2.23. The lowest BCUT2D eigenvalue weighted by atomic mass is 10.2. The molecule has 2 amide bonds. The highest BCUT2D eigenvalue weighted by Gasteiger charge is 2.23. The number of nitrogens with one attached hydrogen (secondary N) is 2. The van der Waals surface area contributed by atoms with Crippen LogP contribution in [0.3, 0.4) is 0 Å². The first kappa shape index (κ1) is 16.6. The van der Waals surface area contributed by atoms with E-state index in [0.717, 1.165) is 11.3 Å². The molecular formula is C19H18N2O4. The summed E-state index contributed by atoms with van der Waals surface area (Å²) in [6.45, 7) is 1.68. The smallest absolute Gasteiger partial charge is 0.265 e. The van der Waals surface area contributed by atoms with Crippen LogP contribution in [0.4, 0.5) is 11.4 Å². The molecule has 1 atom stereocenters. The van der Waals surface area contributed by atoms with Crippen molar-refractivity contribution < 1.29 is 19.1 Å². The lowest BCUT2D eigenvalue weighted by Crippen LogP contribution is -2.34. The molecule has 0 saturated carbocycles. The molecule has 6 heteroatoms. The second kappa shape index (κ2) is 7.09. The molecule has 0 spiro atoms. The summed E-state index contributed by atoms with van der Waals surface area (Å²) in [5.74, 6) is 0.812. The summed E-state index contributed by atoms with van der Waals surface area (Å²) >= 11 is 0. The zero-order chi connectivity index (χ0) is 17.8. The van der Waals surface area contributed by atoms with Gasteiger partial charge in [-0.2, -0.15) is 0 Å². The summed E-state index contributed by atoms with van der Waals surface area (Å²) in [7, 11) is 1.59. The minimum atomic E-state index is -0.529. The van der Waals surface area contributed by atoms with Crippen LogP contribution in [0.5, 0.6) is 11.5 Å². The third-order valence-corrected chi connectivity index (χ3v) is 3.70. The van der Waals surface area contributed by atoms with Crippen LogP contribution in [0.2, 0.25) is 0 Å². The van der Waals surface area contributed by atoms with Crippen LogP contribution in [0, 0.1) is 0 Å². The molecule has 0 bridgehead atoms. The lowest BCUT2D eigenvalue weighted by molar-refractivity contribution is -0.122. The first-order valence-electron chi connectivity index (χ1n) is 7.80. The van der Waals surface area contributed by atoms with Gasteiger partial charge in [-0.15, -0.1) is 0 Å². The number of rotatable bonds is 4. The van der Waals surface area contributed by atoms with E-state index in [-0.39, 0.29) is 11.8 Å². The molecular weight excluding hydrogens is 320 g/mol. The van der Waals surface area contributed by atoms with E-state index in [1.165, 1.54) is 6.08 Å². The average molecular weight is 338 g/mol.